The summed E-state index contributed by atoms with van der Waals surface area (Å²) in [6, 6.07) is 6.69. The molecule has 0 aliphatic heterocycles. The van der Waals surface area contributed by atoms with Crippen LogP contribution in [0.25, 0.3) is 0 Å². The van der Waals surface area contributed by atoms with Crippen molar-refractivity contribution >= 4 is 5.96 Å². The summed E-state index contributed by atoms with van der Waals surface area (Å²) in [7, 11) is 1.65. The molecule has 0 atom stereocenters. The number of hydrogen-bond acceptors (Lipinski definition) is 3. The summed E-state index contributed by atoms with van der Waals surface area (Å²) in [4.78, 5) is 4.62. The molecule has 0 heterocycles. The molecule has 1 aromatic rings. The molecule has 2 N–H and O–H groups in total. The Balaban J connectivity index is 2.54. The van der Waals surface area contributed by atoms with E-state index in [-0.39, 0.29) is 11.2 Å². The second kappa shape index (κ2) is 11.0. The molecule has 1 rings (SSSR count). The molecule has 136 valence electrons. The molecule has 0 fully saturated rings. The predicted molar refractivity (Wildman–Crippen MR) is 96.1 cm³/mol. The first-order valence-corrected chi connectivity index (χ1v) is 8.34. The molecular formula is C18H30FN3O2. The van der Waals surface area contributed by atoms with Crippen molar-refractivity contribution in [2.45, 2.75) is 26.2 Å². The molecule has 0 unspecified atom stereocenters. The molecule has 6 heteroatoms. The number of halogens is 1. The van der Waals surface area contributed by atoms with Gasteiger partial charge in [0.05, 0.1) is 26.4 Å². The number of hydrogen-bond donors (Lipinski definition) is 2. The lowest BCUT2D eigenvalue weighted by Crippen LogP contribution is -2.40. The van der Waals surface area contributed by atoms with Crippen LogP contribution in [0.1, 0.15) is 26.3 Å². The van der Waals surface area contributed by atoms with Crippen molar-refractivity contribution in [3.63, 3.8) is 0 Å². The Labute approximate surface area is 144 Å². The molecule has 1 aromatic carbocycles. The van der Waals surface area contributed by atoms with E-state index in [0.29, 0.717) is 32.9 Å². The summed E-state index contributed by atoms with van der Waals surface area (Å²) in [5.74, 6) is 0.514. The van der Waals surface area contributed by atoms with Crippen LogP contribution in [-0.4, -0.2) is 52.5 Å². The van der Waals surface area contributed by atoms with E-state index in [1.54, 1.807) is 19.2 Å². The number of aliphatic imine (C=N–C) groups is 1. The minimum Gasteiger partial charge on any atom is -0.382 e. The van der Waals surface area contributed by atoms with E-state index in [0.717, 1.165) is 18.1 Å². The molecule has 0 amide bonds. The van der Waals surface area contributed by atoms with E-state index in [1.807, 2.05) is 13.0 Å². The van der Waals surface area contributed by atoms with E-state index < -0.39 is 0 Å². The zero-order valence-corrected chi connectivity index (χ0v) is 15.2. The Morgan fingerprint density at radius 1 is 1.21 bits per heavy atom. The van der Waals surface area contributed by atoms with Crippen molar-refractivity contribution in [2.24, 2.45) is 4.99 Å². The van der Waals surface area contributed by atoms with Crippen LogP contribution in [0.4, 0.5) is 4.39 Å². The van der Waals surface area contributed by atoms with Crippen molar-refractivity contribution in [3.05, 3.63) is 35.6 Å². The molecular weight excluding hydrogens is 309 g/mol. The van der Waals surface area contributed by atoms with Crippen LogP contribution in [0.15, 0.2) is 29.3 Å². The van der Waals surface area contributed by atoms with Gasteiger partial charge < -0.3 is 20.1 Å². The Bertz CT molecular complexity index is 507. The van der Waals surface area contributed by atoms with Crippen LogP contribution in [-0.2, 0) is 14.9 Å². The summed E-state index contributed by atoms with van der Waals surface area (Å²) in [6.45, 7) is 9.88. The normalized spacial score (nSPS) is 12.3. The molecule has 0 saturated carbocycles. The zero-order valence-electron chi connectivity index (χ0n) is 15.2. The Morgan fingerprint density at radius 3 is 2.67 bits per heavy atom. The molecule has 0 aromatic heterocycles. The smallest absolute Gasteiger partial charge is 0.191 e. The summed E-state index contributed by atoms with van der Waals surface area (Å²) in [6.07, 6.45) is 0. The quantitative estimate of drug-likeness (QED) is 0.390. The number of methoxy groups -OCH3 is 1. The number of benzene rings is 1. The summed E-state index contributed by atoms with van der Waals surface area (Å²) in [5.41, 5.74) is 0.685. The van der Waals surface area contributed by atoms with Gasteiger partial charge in [0, 0.05) is 25.6 Å². The highest BCUT2D eigenvalue weighted by molar-refractivity contribution is 5.79. The van der Waals surface area contributed by atoms with Crippen molar-refractivity contribution in [1.82, 2.24) is 10.6 Å². The number of nitrogens with zero attached hydrogens (tertiary/aromatic N) is 1. The average Bonchev–Trinajstić information content (AvgIpc) is 2.55. The molecule has 0 aliphatic rings. The molecule has 0 radical (unpaired) electrons. The zero-order chi connectivity index (χ0) is 17.8. The van der Waals surface area contributed by atoms with Gasteiger partial charge in [0.2, 0.25) is 0 Å². The van der Waals surface area contributed by atoms with Crippen LogP contribution >= 0.6 is 0 Å². The Hall–Kier alpha value is -1.66. The van der Waals surface area contributed by atoms with Gasteiger partial charge in [-0.2, -0.15) is 0 Å². The lowest BCUT2D eigenvalue weighted by molar-refractivity contribution is 0.0733. The van der Waals surface area contributed by atoms with Crippen molar-refractivity contribution in [1.29, 1.82) is 0 Å². The number of guanidine groups is 1. The maximum atomic E-state index is 13.4. The number of rotatable bonds is 10. The fourth-order valence-electron chi connectivity index (χ4n) is 2.11. The maximum absolute atomic E-state index is 13.4. The monoisotopic (exact) mass is 339 g/mol. The first-order valence-electron chi connectivity index (χ1n) is 8.34. The van der Waals surface area contributed by atoms with Crippen LogP contribution in [0, 0.1) is 5.82 Å². The van der Waals surface area contributed by atoms with Gasteiger partial charge in [-0.3, -0.25) is 4.99 Å². The van der Waals surface area contributed by atoms with E-state index in [4.69, 9.17) is 9.47 Å². The highest BCUT2D eigenvalue weighted by atomic mass is 19.1. The summed E-state index contributed by atoms with van der Waals surface area (Å²) >= 11 is 0. The number of nitrogens with one attached hydrogen (secondary N) is 2. The number of ether oxygens (including phenoxy) is 2. The largest absolute Gasteiger partial charge is 0.382 e. The Morgan fingerprint density at radius 2 is 2.00 bits per heavy atom. The van der Waals surface area contributed by atoms with Gasteiger partial charge in [0.15, 0.2) is 5.96 Å². The molecule has 0 spiro atoms. The van der Waals surface area contributed by atoms with E-state index >= 15 is 0 Å². The van der Waals surface area contributed by atoms with Gasteiger partial charge in [-0.25, -0.2) is 4.39 Å². The van der Waals surface area contributed by atoms with Crippen molar-refractivity contribution in [3.8, 4) is 0 Å². The van der Waals surface area contributed by atoms with Gasteiger partial charge in [-0.15, -0.1) is 0 Å². The van der Waals surface area contributed by atoms with Crippen LogP contribution in [0.2, 0.25) is 0 Å². The van der Waals surface area contributed by atoms with E-state index in [2.05, 4.69) is 29.5 Å². The Kier molecular flexibility index (Phi) is 9.34. The minimum atomic E-state index is -0.251. The second-order valence-corrected chi connectivity index (χ2v) is 6.12. The lowest BCUT2D eigenvalue weighted by atomic mass is 9.85. The highest BCUT2D eigenvalue weighted by Crippen LogP contribution is 2.24. The SMILES string of the molecule is CCNC(=NCC(C)(C)c1cccc(F)c1)NCCOCCOC. The predicted octanol–water partition coefficient (Wildman–Crippen LogP) is 2.32. The summed E-state index contributed by atoms with van der Waals surface area (Å²) < 4.78 is 23.8. The molecule has 0 saturated heterocycles. The highest BCUT2D eigenvalue weighted by Gasteiger charge is 2.20. The standard InChI is InChI=1S/C18H30FN3O2/c1-5-20-17(21-9-10-24-12-11-23-4)22-14-18(2,3)15-7-6-8-16(19)13-15/h6-8,13H,5,9-12,14H2,1-4H3,(H2,20,21,22). The average molecular weight is 339 g/mol. The first-order chi connectivity index (χ1) is 11.5. The van der Waals surface area contributed by atoms with Crippen molar-refractivity contribution in [2.75, 3.05) is 46.6 Å². The fourth-order valence-corrected chi connectivity index (χ4v) is 2.11. The molecule has 0 bridgehead atoms. The third kappa shape index (κ3) is 7.75. The molecule has 0 aliphatic carbocycles. The second-order valence-electron chi connectivity index (χ2n) is 6.12. The van der Waals surface area contributed by atoms with Crippen molar-refractivity contribution < 1.29 is 13.9 Å². The molecule has 24 heavy (non-hydrogen) atoms. The van der Waals surface area contributed by atoms with E-state index in [9.17, 15) is 4.39 Å². The van der Waals surface area contributed by atoms with Crippen LogP contribution < -0.4 is 10.6 Å². The van der Waals surface area contributed by atoms with Gasteiger partial charge in [-0.1, -0.05) is 26.0 Å². The lowest BCUT2D eigenvalue weighted by Gasteiger charge is -2.24. The molecule has 5 nitrogen and oxygen atoms in total. The fraction of sp³-hybridized carbons (Fsp3) is 0.611. The van der Waals surface area contributed by atoms with E-state index in [1.165, 1.54) is 6.07 Å². The third-order valence-electron chi connectivity index (χ3n) is 3.55. The first kappa shape index (κ1) is 20.4. The van der Waals surface area contributed by atoms with Crippen LogP contribution in [0.5, 0.6) is 0 Å². The maximum Gasteiger partial charge on any atom is 0.191 e. The third-order valence-corrected chi connectivity index (χ3v) is 3.55. The van der Waals surface area contributed by atoms with Crippen LogP contribution in [0.3, 0.4) is 0 Å². The topological polar surface area (TPSA) is 54.9 Å². The van der Waals surface area contributed by atoms with Gasteiger partial charge in [0.1, 0.15) is 5.82 Å². The van der Waals surface area contributed by atoms with Gasteiger partial charge in [0.25, 0.3) is 0 Å². The summed E-state index contributed by atoms with van der Waals surface area (Å²) in [5, 5.41) is 6.44. The van der Waals surface area contributed by atoms with Gasteiger partial charge >= 0.3 is 0 Å². The van der Waals surface area contributed by atoms with Gasteiger partial charge in [-0.05, 0) is 24.6 Å². The minimum absolute atomic E-state index is 0.220.